The summed E-state index contributed by atoms with van der Waals surface area (Å²) >= 11 is 6.38. The zero-order valence-electron chi connectivity index (χ0n) is 14.5. The third kappa shape index (κ3) is 2.91. The first-order valence-electron chi connectivity index (χ1n) is 8.30. The molecule has 1 fully saturated rings. The number of hydrogen-bond donors (Lipinski definition) is 2. The minimum Gasteiger partial charge on any atom is -0.389 e. The molecule has 0 unspecified atom stereocenters. The van der Waals surface area contributed by atoms with Crippen LogP contribution in [-0.2, 0) is 0 Å². The van der Waals surface area contributed by atoms with Crippen LogP contribution in [-0.4, -0.2) is 40.1 Å². The van der Waals surface area contributed by atoms with Crippen molar-refractivity contribution in [3.63, 3.8) is 0 Å². The minimum atomic E-state index is -1.14. The van der Waals surface area contributed by atoms with E-state index in [1.54, 1.807) is 0 Å². The van der Waals surface area contributed by atoms with Gasteiger partial charge in [-0.15, -0.1) is 0 Å². The summed E-state index contributed by atoms with van der Waals surface area (Å²) in [5.41, 5.74) is 3.95. The summed E-state index contributed by atoms with van der Waals surface area (Å²) in [7, 11) is 0. The van der Waals surface area contributed by atoms with Gasteiger partial charge in [0.25, 0.3) is 0 Å². The molecule has 0 spiro atoms. The summed E-state index contributed by atoms with van der Waals surface area (Å²) in [6.45, 7) is 0.212. The first-order chi connectivity index (χ1) is 13.7. The predicted octanol–water partition coefficient (Wildman–Crippen LogP) is 2.03. The average Bonchev–Trinajstić information content (AvgIpc) is 2.64. The maximum absolute atomic E-state index is 14.7. The van der Waals surface area contributed by atoms with Crippen LogP contribution in [0.1, 0.15) is 10.4 Å². The van der Waals surface area contributed by atoms with Crippen LogP contribution in [0.3, 0.4) is 0 Å². The third-order valence-electron chi connectivity index (χ3n) is 4.66. The van der Waals surface area contributed by atoms with E-state index in [2.05, 4.69) is 4.98 Å². The molecule has 1 aliphatic heterocycles. The lowest BCUT2D eigenvalue weighted by atomic mass is 10.1. The number of aldehydes is 1. The van der Waals surface area contributed by atoms with E-state index >= 15 is 0 Å². The van der Waals surface area contributed by atoms with Gasteiger partial charge in [-0.1, -0.05) is 11.6 Å². The molecule has 3 N–H and O–H groups in total. The molecule has 0 saturated carbocycles. The van der Waals surface area contributed by atoms with Crippen molar-refractivity contribution >= 4 is 40.3 Å². The number of aliphatic hydroxyl groups excluding tert-OH is 1. The zero-order chi connectivity index (χ0) is 21.0. The fourth-order valence-electron chi connectivity index (χ4n) is 3.24. The standard InChI is InChI=1S/C18H12ClF3N4O3/c19-13-14-9(1-10(20)15(13)25-4-8(28)5-25)16(29)7(6-27)3-26(14)18-12(22)2-11(21)17(23)24-18/h1-3,6,8,28H,4-5H2,(H2,23,24). The molecular weight excluding hydrogens is 413 g/mol. The van der Waals surface area contributed by atoms with Crippen LogP contribution in [0, 0.1) is 17.5 Å². The van der Waals surface area contributed by atoms with Gasteiger partial charge in [0.05, 0.1) is 33.3 Å². The number of anilines is 2. The number of carbonyl (C=O) groups is 1. The number of aliphatic hydroxyl groups is 1. The second-order valence-corrected chi connectivity index (χ2v) is 6.92. The van der Waals surface area contributed by atoms with Gasteiger partial charge >= 0.3 is 0 Å². The van der Waals surface area contributed by atoms with Gasteiger partial charge in [0.2, 0.25) is 0 Å². The zero-order valence-corrected chi connectivity index (χ0v) is 15.3. The van der Waals surface area contributed by atoms with E-state index in [4.69, 9.17) is 17.3 Å². The second kappa shape index (κ2) is 6.75. The van der Waals surface area contributed by atoms with Gasteiger partial charge < -0.3 is 15.7 Å². The van der Waals surface area contributed by atoms with Gasteiger partial charge in [-0.05, 0) is 6.07 Å². The number of hydrogen-bond acceptors (Lipinski definition) is 6. The summed E-state index contributed by atoms with van der Waals surface area (Å²) in [6.07, 6.45) is 0.518. The fraction of sp³-hybridized carbons (Fsp3) is 0.167. The highest BCUT2D eigenvalue weighted by molar-refractivity contribution is 6.38. The maximum Gasteiger partial charge on any atom is 0.200 e. The van der Waals surface area contributed by atoms with E-state index in [9.17, 15) is 27.9 Å². The van der Waals surface area contributed by atoms with Crippen LogP contribution in [0.15, 0.2) is 23.1 Å². The maximum atomic E-state index is 14.7. The molecule has 7 nitrogen and oxygen atoms in total. The van der Waals surface area contributed by atoms with Crippen molar-refractivity contribution in [1.29, 1.82) is 0 Å². The summed E-state index contributed by atoms with van der Waals surface area (Å²) in [6, 6.07) is 1.37. The molecule has 29 heavy (non-hydrogen) atoms. The highest BCUT2D eigenvalue weighted by atomic mass is 35.5. The highest BCUT2D eigenvalue weighted by Crippen LogP contribution is 2.38. The van der Waals surface area contributed by atoms with Gasteiger partial charge in [-0.3, -0.25) is 14.2 Å². The quantitative estimate of drug-likeness (QED) is 0.624. The number of pyridine rings is 2. The third-order valence-corrected chi connectivity index (χ3v) is 5.01. The van der Waals surface area contributed by atoms with Crippen LogP contribution in [0.25, 0.3) is 16.7 Å². The molecule has 1 saturated heterocycles. The van der Waals surface area contributed by atoms with Crippen molar-refractivity contribution in [1.82, 2.24) is 9.55 Å². The number of nitrogen functional groups attached to an aromatic ring is 1. The fourth-order valence-corrected chi connectivity index (χ4v) is 3.65. The van der Waals surface area contributed by atoms with Crippen molar-refractivity contribution in [2.75, 3.05) is 23.7 Å². The van der Waals surface area contributed by atoms with E-state index in [1.807, 2.05) is 0 Å². The molecule has 1 aliphatic rings. The Morgan fingerprint density at radius 2 is 1.90 bits per heavy atom. The Kier molecular flexibility index (Phi) is 4.47. The molecule has 2 aromatic heterocycles. The van der Waals surface area contributed by atoms with Crippen LogP contribution < -0.4 is 16.1 Å². The van der Waals surface area contributed by atoms with E-state index < -0.39 is 46.2 Å². The molecule has 0 radical (unpaired) electrons. The number of halogens is 4. The Morgan fingerprint density at radius 1 is 1.21 bits per heavy atom. The van der Waals surface area contributed by atoms with E-state index in [1.165, 1.54) is 4.90 Å². The topological polar surface area (TPSA) is 101 Å². The van der Waals surface area contributed by atoms with E-state index in [0.29, 0.717) is 6.07 Å². The molecule has 3 heterocycles. The molecule has 4 rings (SSSR count). The number of β-amino-alcohol motifs (C(OH)–C–C–N with tert-alkyl or cyclic N) is 1. The molecule has 11 heteroatoms. The van der Waals surface area contributed by atoms with Crippen molar-refractivity contribution < 1.29 is 23.1 Å². The van der Waals surface area contributed by atoms with Crippen molar-refractivity contribution in [3.8, 4) is 5.82 Å². The lowest BCUT2D eigenvalue weighted by Gasteiger charge is -2.38. The van der Waals surface area contributed by atoms with Crippen LogP contribution in [0.5, 0.6) is 0 Å². The lowest BCUT2D eigenvalue weighted by molar-refractivity contribution is 0.112. The largest absolute Gasteiger partial charge is 0.389 e. The Labute approximate surface area is 165 Å². The Morgan fingerprint density at radius 3 is 2.52 bits per heavy atom. The van der Waals surface area contributed by atoms with Crippen molar-refractivity contribution in [3.05, 3.63) is 56.6 Å². The SMILES string of the molecule is Nc1nc(-n2cc(C=O)c(=O)c3cc(F)c(N4CC(O)C4)c(Cl)c32)c(F)cc1F. The number of nitrogens with zero attached hydrogens (tertiary/aromatic N) is 3. The summed E-state index contributed by atoms with van der Waals surface area (Å²) in [4.78, 5) is 29.0. The first-order valence-corrected chi connectivity index (χ1v) is 8.68. The van der Waals surface area contributed by atoms with E-state index in [0.717, 1.165) is 16.8 Å². The van der Waals surface area contributed by atoms with Gasteiger partial charge in [0.15, 0.2) is 35.0 Å². The second-order valence-electron chi connectivity index (χ2n) is 6.54. The number of fused-ring (bicyclic) bond motifs is 1. The Bertz CT molecular complexity index is 1240. The molecular formula is C18H12ClF3N4O3. The molecule has 0 aliphatic carbocycles. The molecule has 3 aromatic rings. The Hall–Kier alpha value is -3.11. The summed E-state index contributed by atoms with van der Waals surface area (Å²) < 4.78 is 43.7. The van der Waals surface area contributed by atoms with Gasteiger partial charge in [-0.2, -0.15) is 0 Å². The van der Waals surface area contributed by atoms with Crippen LogP contribution >= 0.6 is 11.6 Å². The minimum absolute atomic E-state index is 0.105. The molecule has 150 valence electrons. The summed E-state index contributed by atoms with van der Waals surface area (Å²) in [5, 5.41) is 8.94. The van der Waals surface area contributed by atoms with E-state index in [-0.39, 0.29) is 41.0 Å². The molecule has 0 bridgehead atoms. The number of aromatic nitrogens is 2. The first kappa shape index (κ1) is 19.2. The number of nitrogens with two attached hydrogens (primary N) is 1. The highest BCUT2D eigenvalue weighted by Gasteiger charge is 2.31. The van der Waals surface area contributed by atoms with Gasteiger partial charge in [-0.25, -0.2) is 18.2 Å². The number of carbonyl (C=O) groups excluding carboxylic acids is 1. The van der Waals surface area contributed by atoms with Crippen LogP contribution in [0.2, 0.25) is 5.02 Å². The van der Waals surface area contributed by atoms with Gasteiger partial charge in [0, 0.05) is 25.4 Å². The summed E-state index contributed by atoms with van der Waals surface area (Å²) in [5.74, 6) is -4.24. The van der Waals surface area contributed by atoms with Gasteiger partial charge in [0.1, 0.15) is 5.82 Å². The molecule has 0 atom stereocenters. The predicted molar refractivity (Wildman–Crippen MR) is 100 cm³/mol. The van der Waals surface area contributed by atoms with Crippen molar-refractivity contribution in [2.24, 2.45) is 0 Å². The number of rotatable bonds is 3. The smallest absolute Gasteiger partial charge is 0.200 e. The number of benzene rings is 1. The molecule has 0 amide bonds. The average molecular weight is 425 g/mol. The monoisotopic (exact) mass is 424 g/mol. The van der Waals surface area contributed by atoms with Crippen LogP contribution in [0.4, 0.5) is 24.7 Å². The Balaban J connectivity index is 2.12. The molecule has 1 aromatic carbocycles. The normalized spacial score (nSPS) is 14.3. The lowest BCUT2D eigenvalue weighted by Crippen LogP contribution is -2.51. The van der Waals surface area contributed by atoms with Crippen molar-refractivity contribution in [2.45, 2.75) is 6.10 Å².